The van der Waals surface area contributed by atoms with Crippen LogP contribution in [0.25, 0.3) is 0 Å². The fourth-order valence-electron chi connectivity index (χ4n) is 1.48. The van der Waals surface area contributed by atoms with Crippen molar-refractivity contribution in [2.24, 2.45) is 0 Å². The van der Waals surface area contributed by atoms with Crippen LogP contribution < -0.4 is 15.8 Å². The first-order valence-electron chi connectivity index (χ1n) is 5.10. The quantitative estimate of drug-likeness (QED) is 0.833. The zero-order chi connectivity index (χ0) is 12.3. The van der Waals surface area contributed by atoms with Gasteiger partial charge in [0.1, 0.15) is 5.75 Å². The fraction of sp³-hybridized carbons (Fsp3) is 0.167. The second-order valence-electron chi connectivity index (χ2n) is 3.55. The first-order chi connectivity index (χ1) is 8.17. The molecule has 0 bridgehead atoms. The van der Waals surface area contributed by atoms with Gasteiger partial charge in [-0.25, -0.2) is 0 Å². The predicted molar refractivity (Wildman–Crippen MR) is 74.1 cm³/mol. The lowest BCUT2D eigenvalue weighted by molar-refractivity contribution is 0.415. The molecule has 0 aliphatic carbocycles. The molecule has 3 N–H and O–H groups in total. The molecule has 0 unspecified atom stereocenters. The van der Waals surface area contributed by atoms with Gasteiger partial charge in [0, 0.05) is 34.9 Å². The minimum atomic E-state index is 0.677. The molecular formula is C12H13ClN2OS. The van der Waals surface area contributed by atoms with Crippen LogP contribution in [-0.2, 0) is 6.54 Å². The lowest BCUT2D eigenvalue weighted by atomic mass is 10.2. The molecule has 0 aliphatic heterocycles. The van der Waals surface area contributed by atoms with Crippen molar-refractivity contribution >= 4 is 34.3 Å². The molecular weight excluding hydrogens is 256 g/mol. The zero-order valence-electron chi connectivity index (χ0n) is 9.37. The van der Waals surface area contributed by atoms with Gasteiger partial charge in [-0.2, -0.15) is 0 Å². The molecule has 1 aromatic carbocycles. The monoisotopic (exact) mass is 268 g/mol. The van der Waals surface area contributed by atoms with Gasteiger partial charge in [0.15, 0.2) is 0 Å². The highest BCUT2D eigenvalue weighted by Gasteiger charge is 2.01. The van der Waals surface area contributed by atoms with E-state index in [0.29, 0.717) is 5.69 Å². The second-order valence-corrected chi connectivity index (χ2v) is 5.35. The summed E-state index contributed by atoms with van der Waals surface area (Å²) in [5.74, 6) is 0.747. The van der Waals surface area contributed by atoms with Gasteiger partial charge in [-0.15, -0.1) is 11.3 Å². The molecule has 0 spiro atoms. The third-order valence-corrected chi connectivity index (χ3v) is 3.49. The summed E-state index contributed by atoms with van der Waals surface area (Å²) in [7, 11) is 1.62. The highest BCUT2D eigenvalue weighted by atomic mass is 35.5. The molecule has 90 valence electrons. The Morgan fingerprint density at radius 3 is 2.82 bits per heavy atom. The molecule has 17 heavy (non-hydrogen) atoms. The van der Waals surface area contributed by atoms with E-state index in [4.69, 9.17) is 22.1 Å². The summed E-state index contributed by atoms with van der Waals surface area (Å²) in [6.07, 6.45) is 0. The van der Waals surface area contributed by atoms with Crippen LogP contribution in [0.15, 0.2) is 30.3 Å². The van der Waals surface area contributed by atoms with Gasteiger partial charge in [0.2, 0.25) is 0 Å². The van der Waals surface area contributed by atoms with E-state index in [9.17, 15) is 0 Å². The van der Waals surface area contributed by atoms with Crippen LogP contribution in [0.1, 0.15) is 4.88 Å². The topological polar surface area (TPSA) is 47.3 Å². The molecule has 2 aromatic rings. The van der Waals surface area contributed by atoms with E-state index in [1.165, 1.54) is 4.88 Å². The number of thiophene rings is 1. The maximum Gasteiger partial charge on any atom is 0.122 e. The predicted octanol–water partition coefficient (Wildman–Crippen LogP) is 3.60. The Kier molecular flexibility index (Phi) is 3.76. The van der Waals surface area contributed by atoms with E-state index >= 15 is 0 Å². The molecule has 1 heterocycles. The third-order valence-electron chi connectivity index (χ3n) is 2.26. The van der Waals surface area contributed by atoms with Crippen molar-refractivity contribution in [3.63, 3.8) is 0 Å². The highest BCUT2D eigenvalue weighted by Crippen LogP contribution is 2.25. The van der Waals surface area contributed by atoms with Crippen LogP contribution >= 0.6 is 22.9 Å². The normalized spacial score (nSPS) is 10.2. The largest absolute Gasteiger partial charge is 0.497 e. The Morgan fingerprint density at radius 2 is 2.18 bits per heavy atom. The molecule has 0 radical (unpaired) electrons. The Morgan fingerprint density at radius 1 is 1.35 bits per heavy atom. The average molecular weight is 269 g/mol. The van der Waals surface area contributed by atoms with Crippen molar-refractivity contribution in [2.75, 3.05) is 18.2 Å². The van der Waals surface area contributed by atoms with Crippen LogP contribution in [0, 0.1) is 0 Å². The standard InChI is InChI=1S/C12H13ClN2OS/c1-16-10-5-8(14)4-9(6-10)15-7-11-2-3-12(13)17-11/h2-6,15H,7,14H2,1H3. The molecule has 0 fully saturated rings. The Labute approximate surface area is 109 Å². The van der Waals surface area contributed by atoms with E-state index < -0.39 is 0 Å². The number of halogens is 1. The number of hydrogen-bond donors (Lipinski definition) is 2. The van der Waals surface area contributed by atoms with Crippen molar-refractivity contribution in [1.82, 2.24) is 0 Å². The minimum absolute atomic E-state index is 0.677. The summed E-state index contributed by atoms with van der Waals surface area (Å²) in [5, 5.41) is 3.28. The summed E-state index contributed by atoms with van der Waals surface area (Å²) in [4.78, 5) is 1.18. The van der Waals surface area contributed by atoms with E-state index in [1.54, 1.807) is 24.5 Å². The lowest BCUT2D eigenvalue weighted by Gasteiger charge is -2.08. The van der Waals surface area contributed by atoms with Crippen molar-refractivity contribution in [3.8, 4) is 5.75 Å². The van der Waals surface area contributed by atoms with Crippen molar-refractivity contribution < 1.29 is 4.74 Å². The van der Waals surface area contributed by atoms with Gasteiger partial charge >= 0.3 is 0 Å². The molecule has 1 aromatic heterocycles. The van der Waals surface area contributed by atoms with Crippen LogP contribution in [0.2, 0.25) is 4.34 Å². The average Bonchev–Trinajstić information content (AvgIpc) is 2.72. The molecule has 0 saturated carbocycles. The number of nitrogens with one attached hydrogen (secondary N) is 1. The van der Waals surface area contributed by atoms with Crippen LogP contribution in [0.3, 0.4) is 0 Å². The first-order valence-corrected chi connectivity index (χ1v) is 6.29. The molecule has 0 saturated heterocycles. The van der Waals surface area contributed by atoms with Crippen LogP contribution in [0.4, 0.5) is 11.4 Å². The fourth-order valence-corrected chi connectivity index (χ4v) is 2.51. The number of ether oxygens (including phenoxy) is 1. The number of rotatable bonds is 4. The number of methoxy groups -OCH3 is 1. The molecule has 0 amide bonds. The first kappa shape index (κ1) is 12.1. The van der Waals surface area contributed by atoms with E-state index in [0.717, 1.165) is 22.3 Å². The molecule has 0 aliphatic rings. The summed E-state index contributed by atoms with van der Waals surface area (Å²) in [5.41, 5.74) is 7.38. The van der Waals surface area contributed by atoms with Crippen LogP contribution in [-0.4, -0.2) is 7.11 Å². The number of hydrogen-bond acceptors (Lipinski definition) is 4. The molecule has 2 rings (SSSR count). The summed E-state index contributed by atoms with van der Waals surface area (Å²) in [6.45, 7) is 0.726. The Balaban J connectivity index is 2.05. The van der Waals surface area contributed by atoms with Gasteiger partial charge in [0.05, 0.1) is 11.4 Å². The highest BCUT2D eigenvalue weighted by molar-refractivity contribution is 7.16. The maximum absolute atomic E-state index is 5.87. The van der Waals surface area contributed by atoms with Gasteiger partial charge in [-0.05, 0) is 18.2 Å². The molecule has 3 nitrogen and oxygen atoms in total. The third kappa shape index (κ3) is 3.28. The second kappa shape index (κ2) is 5.29. The van der Waals surface area contributed by atoms with E-state index in [-0.39, 0.29) is 0 Å². The van der Waals surface area contributed by atoms with E-state index in [2.05, 4.69) is 5.32 Å². The molecule has 5 heteroatoms. The van der Waals surface area contributed by atoms with E-state index in [1.807, 2.05) is 24.3 Å². The lowest BCUT2D eigenvalue weighted by Crippen LogP contribution is -1.99. The molecule has 0 atom stereocenters. The Bertz CT molecular complexity index is 513. The van der Waals surface area contributed by atoms with Crippen molar-refractivity contribution in [3.05, 3.63) is 39.5 Å². The summed E-state index contributed by atoms with van der Waals surface area (Å²) in [6, 6.07) is 9.46. The number of benzene rings is 1. The SMILES string of the molecule is COc1cc(N)cc(NCc2ccc(Cl)s2)c1. The van der Waals surface area contributed by atoms with Gasteiger partial charge < -0.3 is 15.8 Å². The maximum atomic E-state index is 5.87. The zero-order valence-corrected chi connectivity index (χ0v) is 10.9. The summed E-state index contributed by atoms with van der Waals surface area (Å²) < 4.78 is 5.95. The number of nitrogens with two attached hydrogens (primary N) is 1. The van der Waals surface area contributed by atoms with Gasteiger partial charge in [0.25, 0.3) is 0 Å². The smallest absolute Gasteiger partial charge is 0.122 e. The van der Waals surface area contributed by atoms with Gasteiger partial charge in [-0.1, -0.05) is 11.6 Å². The van der Waals surface area contributed by atoms with Crippen molar-refractivity contribution in [1.29, 1.82) is 0 Å². The number of anilines is 2. The van der Waals surface area contributed by atoms with Gasteiger partial charge in [-0.3, -0.25) is 0 Å². The summed E-state index contributed by atoms with van der Waals surface area (Å²) >= 11 is 7.43. The van der Waals surface area contributed by atoms with Crippen molar-refractivity contribution in [2.45, 2.75) is 6.54 Å². The number of nitrogen functional groups attached to an aromatic ring is 1. The minimum Gasteiger partial charge on any atom is -0.497 e. The Hall–Kier alpha value is -1.39. The van der Waals surface area contributed by atoms with Crippen LogP contribution in [0.5, 0.6) is 5.75 Å².